The number of hydrogen-bond donors (Lipinski definition) is 2. The molecule has 1 aliphatic rings. The Kier molecular flexibility index (Phi) is 2.33. The van der Waals surface area contributed by atoms with Crippen molar-refractivity contribution in [1.82, 2.24) is 9.78 Å². The van der Waals surface area contributed by atoms with Crippen molar-refractivity contribution in [3.63, 3.8) is 0 Å². The molecule has 2 aromatic rings. The lowest BCUT2D eigenvalue weighted by atomic mass is 10.1. The number of aromatic nitrogens is 2. The fourth-order valence-electron chi connectivity index (χ4n) is 2.02. The zero-order chi connectivity index (χ0) is 12.7. The molecule has 5 heteroatoms. The predicted molar refractivity (Wildman–Crippen MR) is 68.5 cm³/mol. The molecule has 1 fully saturated rings. The number of carbonyl (C=O) groups excluding carboxylic acids is 1. The van der Waals surface area contributed by atoms with Crippen LogP contribution >= 0.6 is 0 Å². The zero-order valence-electron chi connectivity index (χ0n) is 9.84. The number of anilines is 1. The fraction of sp³-hybridized carbons (Fsp3) is 0.231. The summed E-state index contributed by atoms with van der Waals surface area (Å²) < 4.78 is 1.67. The van der Waals surface area contributed by atoms with Gasteiger partial charge in [0.2, 0.25) is 0 Å². The third kappa shape index (κ3) is 1.84. The number of primary amides is 1. The first-order valence-corrected chi connectivity index (χ1v) is 5.90. The highest BCUT2D eigenvalue weighted by Crippen LogP contribution is 2.39. The van der Waals surface area contributed by atoms with E-state index < -0.39 is 5.91 Å². The first-order valence-electron chi connectivity index (χ1n) is 5.90. The number of nitrogens with zero attached hydrogens (tertiary/aromatic N) is 2. The van der Waals surface area contributed by atoms with E-state index in [1.807, 2.05) is 12.3 Å². The topological polar surface area (TPSA) is 86.9 Å². The molecule has 0 saturated heterocycles. The van der Waals surface area contributed by atoms with E-state index in [-0.39, 0.29) is 0 Å². The van der Waals surface area contributed by atoms with Crippen LogP contribution in [0.25, 0.3) is 5.69 Å². The molecule has 92 valence electrons. The van der Waals surface area contributed by atoms with Gasteiger partial charge >= 0.3 is 0 Å². The average molecular weight is 242 g/mol. The Morgan fingerprint density at radius 1 is 1.33 bits per heavy atom. The molecule has 0 bridgehead atoms. The van der Waals surface area contributed by atoms with Crippen LogP contribution in [0.5, 0.6) is 0 Å². The van der Waals surface area contributed by atoms with Gasteiger partial charge in [0.1, 0.15) is 0 Å². The number of amides is 1. The summed E-state index contributed by atoms with van der Waals surface area (Å²) in [5.74, 6) is 0.0952. The number of carbonyl (C=O) groups is 1. The molecule has 1 saturated carbocycles. The number of nitrogen functional groups attached to an aromatic ring is 1. The van der Waals surface area contributed by atoms with Gasteiger partial charge in [0.05, 0.1) is 16.9 Å². The van der Waals surface area contributed by atoms with Crippen LogP contribution in [0.1, 0.15) is 34.8 Å². The standard InChI is InChI=1S/C13H14N4O/c14-9-3-4-10(13(15)18)12(7-9)17-6-5-11(16-17)8-1-2-8/h3-8H,1-2,14H2,(H2,15,18). The van der Waals surface area contributed by atoms with Gasteiger partial charge in [-0.15, -0.1) is 0 Å². The number of hydrogen-bond acceptors (Lipinski definition) is 3. The Morgan fingerprint density at radius 2 is 2.11 bits per heavy atom. The molecule has 1 aliphatic carbocycles. The molecule has 1 aromatic heterocycles. The fourth-order valence-corrected chi connectivity index (χ4v) is 2.02. The molecule has 0 unspecified atom stereocenters. The Morgan fingerprint density at radius 3 is 2.78 bits per heavy atom. The van der Waals surface area contributed by atoms with Crippen molar-refractivity contribution in [2.24, 2.45) is 5.73 Å². The van der Waals surface area contributed by atoms with E-state index in [2.05, 4.69) is 5.10 Å². The SMILES string of the molecule is NC(=O)c1ccc(N)cc1-n1ccc(C2CC2)n1. The van der Waals surface area contributed by atoms with Crippen LogP contribution in [0.3, 0.4) is 0 Å². The van der Waals surface area contributed by atoms with E-state index in [0.717, 1.165) is 5.69 Å². The van der Waals surface area contributed by atoms with E-state index in [9.17, 15) is 4.79 Å². The molecular formula is C13H14N4O. The Labute approximate surface area is 104 Å². The lowest BCUT2D eigenvalue weighted by Gasteiger charge is -2.07. The van der Waals surface area contributed by atoms with Crippen LogP contribution in [0.15, 0.2) is 30.5 Å². The van der Waals surface area contributed by atoms with Crippen LogP contribution in [-0.2, 0) is 0 Å². The Bertz CT molecular complexity index is 613. The maximum atomic E-state index is 11.4. The van der Waals surface area contributed by atoms with Crippen molar-refractivity contribution in [2.75, 3.05) is 5.73 Å². The number of benzene rings is 1. The first kappa shape index (κ1) is 10.8. The minimum absolute atomic E-state index is 0.426. The third-order valence-electron chi connectivity index (χ3n) is 3.14. The highest BCUT2D eigenvalue weighted by atomic mass is 16.1. The summed E-state index contributed by atoms with van der Waals surface area (Å²) in [7, 11) is 0. The second-order valence-corrected chi connectivity index (χ2v) is 4.60. The van der Waals surface area contributed by atoms with Gasteiger partial charge in [0.15, 0.2) is 0 Å². The van der Waals surface area contributed by atoms with Crippen LogP contribution in [0.4, 0.5) is 5.69 Å². The van der Waals surface area contributed by atoms with Crippen LogP contribution in [0.2, 0.25) is 0 Å². The van der Waals surface area contributed by atoms with Crippen molar-refractivity contribution in [3.8, 4) is 5.69 Å². The zero-order valence-corrected chi connectivity index (χ0v) is 9.84. The maximum absolute atomic E-state index is 11.4. The van der Waals surface area contributed by atoms with E-state index in [1.54, 1.807) is 22.9 Å². The highest BCUT2D eigenvalue weighted by Gasteiger charge is 2.26. The molecule has 3 rings (SSSR count). The summed E-state index contributed by atoms with van der Waals surface area (Å²) in [6, 6.07) is 6.98. The quantitative estimate of drug-likeness (QED) is 0.798. The monoisotopic (exact) mass is 242 g/mol. The van der Waals surface area contributed by atoms with Crippen molar-refractivity contribution in [3.05, 3.63) is 41.7 Å². The molecule has 4 N–H and O–H groups in total. The Balaban J connectivity index is 2.07. The molecule has 1 amide bonds. The highest BCUT2D eigenvalue weighted by molar-refractivity contribution is 5.97. The van der Waals surface area contributed by atoms with Gasteiger partial charge in [-0.1, -0.05) is 0 Å². The van der Waals surface area contributed by atoms with Crippen LogP contribution in [-0.4, -0.2) is 15.7 Å². The van der Waals surface area contributed by atoms with Crippen LogP contribution < -0.4 is 11.5 Å². The molecule has 0 spiro atoms. The number of nitrogens with two attached hydrogens (primary N) is 2. The van der Waals surface area contributed by atoms with Crippen molar-refractivity contribution < 1.29 is 4.79 Å². The average Bonchev–Trinajstić information content (AvgIpc) is 3.07. The maximum Gasteiger partial charge on any atom is 0.250 e. The van der Waals surface area contributed by atoms with Crippen molar-refractivity contribution in [2.45, 2.75) is 18.8 Å². The smallest absolute Gasteiger partial charge is 0.250 e. The molecule has 18 heavy (non-hydrogen) atoms. The van der Waals surface area contributed by atoms with Gasteiger partial charge in [-0.2, -0.15) is 5.10 Å². The Hall–Kier alpha value is -2.30. The molecule has 0 atom stereocenters. The lowest BCUT2D eigenvalue weighted by molar-refractivity contribution is 0.1000. The van der Waals surface area contributed by atoms with Gasteiger partial charge in [-0.25, -0.2) is 4.68 Å². The van der Waals surface area contributed by atoms with E-state index >= 15 is 0 Å². The van der Waals surface area contributed by atoms with Gasteiger partial charge < -0.3 is 11.5 Å². The predicted octanol–water partition coefficient (Wildman–Crippen LogP) is 1.43. The molecular weight excluding hydrogens is 228 g/mol. The third-order valence-corrected chi connectivity index (χ3v) is 3.14. The molecule has 1 aromatic carbocycles. The summed E-state index contributed by atoms with van der Waals surface area (Å²) in [5, 5.41) is 4.48. The van der Waals surface area contributed by atoms with Gasteiger partial charge in [-0.3, -0.25) is 4.79 Å². The minimum Gasteiger partial charge on any atom is -0.399 e. The second kappa shape index (κ2) is 3.87. The molecule has 5 nitrogen and oxygen atoms in total. The summed E-state index contributed by atoms with van der Waals surface area (Å²) in [6.45, 7) is 0. The summed E-state index contributed by atoms with van der Waals surface area (Å²) in [5.41, 5.74) is 13.8. The summed E-state index contributed by atoms with van der Waals surface area (Å²) in [6.07, 6.45) is 4.22. The van der Waals surface area contributed by atoms with Crippen molar-refractivity contribution in [1.29, 1.82) is 0 Å². The van der Waals surface area contributed by atoms with Gasteiger partial charge in [-0.05, 0) is 37.1 Å². The van der Waals surface area contributed by atoms with E-state index in [1.165, 1.54) is 12.8 Å². The largest absolute Gasteiger partial charge is 0.399 e. The van der Waals surface area contributed by atoms with E-state index in [0.29, 0.717) is 22.9 Å². The molecule has 1 heterocycles. The molecule has 0 aliphatic heterocycles. The first-order chi connectivity index (χ1) is 8.65. The summed E-state index contributed by atoms with van der Waals surface area (Å²) in [4.78, 5) is 11.4. The normalized spacial score (nSPS) is 14.7. The van der Waals surface area contributed by atoms with Crippen molar-refractivity contribution >= 4 is 11.6 Å². The minimum atomic E-state index is -0.478. The van der Waals surface area contributed by atoms with Gasteiger partial charge in [0, 0.05) is 17.8 Å². The number of rotatable bonds is 3. The second-order valence-electron chi connectivity index (χ2n) is 4.60. The van der Waals surface area contributed by atoms with E-state index in [4.69, 9.17) is 11.5 Å². The van der Waals surface area contributed by atoms with Crippen LogP contribution in [0, 0.1) is 0 Å². The summed E-state index contributed by atoms with van der Waals surface area (Å²) >= 11 is 0. The lowest BCUT2D eigenvalue weighted by Crippen LogP contribution is -2.15. The van der Waals surface area contributed by atoms with Gasteiger partial charge in [0.25, 0.3) is 5.91 Å². The molecule has 0 radical (unpaired) electrons.